The average Bonchev–Trinajstić information content (AvgIpc) is 3.12. The van der Waals surface area contributed by atoms with Crippen LogP contribution in [-0.4, -0.2) is 25.5 Å². The Hall–Kier alpha value is -2.60. The van der Waals surface area contributed by atoms with Crippen molar-refractivity contribution in [2.45, 2.75) is 33.4 Å². The zero-order valence-electron chi connectivity index (χ0n) is 14.2. The molecule has 0 unspecified atom stereocenters. The first-order valence-corrected chi connectivity index (χ1v) is 8.45. The van der Waals surface area contributed by atoms with Crippen molar-refractivity contribution < 1.29 is 4.79 Å². The third-order valence-electron chi connectivity index (χ3n) is 3.80. The van der Waals surface area contributed by atoms with Crippen molar-refractivity contribution in [3.8, 4) is 0 Å². The van der Waals surface area contributed by atoms with Crippen molar-refractivity contribution in [3.63, 3.8) is 0 Å². The second-order valence-electron chi connectivity index (χ2n) is 6.04. The van der Waals surface area contributed by atoms with Gasteiger partial charge in [-0.3, -0.25) is 14.2 Å². The van der Waals surface area contributed by atoms with Gasteiger partial charge in [0, 0.05) is 25.4 Å². The van der Waals surface area contributed by atoms with Gasteiger partial charge in [-0.15, -0.1) is 0 Å². The summed E-state index contributed by atoms with van der Waals surface area (Å²) in [6, 6.07) is 8.27. The van der Waals surface area contributed by atoms with Crippen LogP contribution in [0.1, 0.15) is 23.2 Å². The minimum absolute atomic E-state index is 0.0839. The molecule has 0 aliphatic rings. The van der Waals surface area contributed by atoms with E-state index in [0.29, 0.717) is 30.2 Å². The number of anilines is 1. The summed E-state index contributed by atoms with van der Waals surface area (Å²) in [5, 5.41) is 12.0. The number of aromatic nitrogens is 4. The Balaban J connectivity index is 1.53. The Morgan fingerprint density at radius 1 is 1.24 bits per heavy atom. The van der Waals surface area contributed by atoms with E-state index in [1.54, 1.807) is 21.8 Å². The van der Waals surface area contributed by atoms with Crippen LogP contribution in [0, 0.1) is 13.8 Å². The van der Waals surface area contributed by atoms with Gasteiger partial charge in [0.1, 0.15) is 0 Å². The summed E-state index contributed by atoms with van der Waals surface area (Å²) < 4.78 is 3.49. The highest BCUT2D eigenvalue weighted by molar-refractivity contribution is 6.31. The molecule has 3 aromatic rings. The van der Waals surface area contributed by atoms with Gasteiger partial charge in [-0.2, -0.15) is 10.2 Å². The van der Waals surface area contributed by atoms with E-state index < -0.39 is 0 Å². The maximum Gasteiger partial charge on any atom is 0.226 e. The molecule has 0 bridgehead atoms. The molecule has 1 aromatic carbocycles. The molecule has 1 amide bonds. The summed E-state index contributed by atoms with van der Waals surface area (Å²) in [6.45, 7) is 5.05. The van der Waals surface area contributed by atoms with Crippen LogP contribution < -0.4 is 5.32 Å². The highest BCUT2D eigenvalue weighted by Gasteiger charge is 2.07. The minimum Gasteiger partial charge on any atom is -0.323 e. The summed E-state index contributed by atoms with van der Waals surface area (Å²) in [4.78, 5) is 12.1. The van der Waals surface area contributed by atoms with Crippen molar-refractivity contribution in [1.82, 2.24) is 19.6 Å². The SMILES string of the molecule is Cc1cccc(Cn2cc(NC(=O)CCn3cc(Cl)c(C)n3)cn2)c1. The van der Waals surface area contributed by atoms with Crippen molar-refractivity contribution in [2.75, 3.05) is 5.32 Å². The molecule has 0 aliphatic heterocycles. The molecule has 0 aliphatic carbocycles. The maximum absolute atomic E-state index is 12.1. The van der Waals surface area contributed by atoms with Gasteiger partial charge in [0.25, 0.3) is 0 Å². The Morgan fingerprint density at radius 2 is 2.08 bits per heavy atom. The largest absolute Gasteiger partial charge is 0.323 e. The lowest BCUT2D eigenvalue weighted by Crippen LogP contribution is -2.14. The molecule has 0 atom stereocenters. The van der Waals surface area contributed by atoms with E-state index in [1.165, 1.54) is 11.1 Å². The molecule has 1 N–H and O–H groups in total. The third kappa shape index (κ3) is 4.70. The van der Waals surface area contributed by atoms with Crippen LogP contribution in [0.5, 0.6) is 0 Å². The van der Waals surface area contributed by atoms with Gasteiger partial charge in [0.2, 0.25) is 5.91 Å². The Bertz CT molecular complexity index is 864. The van der Waals surface area contributed by atoms with Crippen LogP contribution in [0.3, 0.4) is 0 Å². The number of carbonyl (C=O) groups is 1. The highest BCUT2D eigenvalue weighted by atomic mass is 35.5. The van der Waals surface area contributed by atoms with Gasteiger partial charge in [-0.1, -0.05) is 41.4 Å². The number of benzene rings is 1. The van der Waals surface area contributed by atoms with Crippen molar-refractivity contribution >= 4 is 23.2 Å². The lowest BCUT2D eigenvalue weighted by Gasteiger charge is -2.04. The zero-order valence-corrected chi connectivity index (χ0v) is 15.0. The molecule has 0 saturated carbocycles. The third-order valence-corrected chi connectivity index (χ3v) is 4.17. The van der Waals surface area contributed by atoms with E-state index in [-0.39, 0.29) is 5.91 Å². The van der Waals surface area contributed by atoms with Gasteiger partial charge in [0.05, 0.1) is 29.1 Å². The molecule has 0 spiro atoms. The number of nitrogens with one attached hydrogen (secondary N) is 1. The summed E-state index contributed by atoms with van der Waals surface area (Å²) in [7, 11) is 0. The maximum atomic E-state index is 12.1. The molecule has 3 rings (SSSR count). The molecule has 0 radical (unpaired) electrons. The first-order valence-electron chi connectivity index (χ1n) is 8.07. The van der Waals surface area contributed by atoms with Gasteiger partial charge in [-0.05, 0) is 19.4 Å². The number of hydrogen-bond donors (Lipinski definition) is 1. The van der Waals surface area contributed by atoms with Gasteiger partial charge in [-0.25, -0.2) is 0 Å². The predicted molar refractivity (Wildman–Crippen MR) is 97.7 cm³/mol. The normalized spacial score (nSPS) is 10.8. The fourth-order valence-electron chi connectivity index (χ4n) is 2.56. The molecule has 0 fully saturated rings. The van der Waals surface area contributed by atoms with E-state index >= 15 is 0 Å². The zero-order chi connectivity index (χ0) is 17.8. The molecule has 130 valence electrons. The van der Waals surface area contributed by atoms with Crippen LogP contribution in [0.2, 0.25) is 5.02 Å². The fourth-order valence-corrected chi connectivity index (χ4v) is 2.71. The molecular weight excluding hydrogens is 338 g/mol. The fraction of sp³-hybridized carbons (Fsp3) is 0.278. The summed E-state index contributed by atoms with van der Waals surface area (Å²) in [5.41, 5.74) is 3.84. The van der Waals surface area contributed by atoms with Crippen LogP contribution in [0.15, 0.2) is 42.9 Å². The average molecular weight is 358 g/mol. The molecule has 6 nitrogen and oxygen atoms in total. The predicted octanol–water partition coefficient (Wildman–Crippen LogP) is 3.43. The van der Waals surface area contributed by atoms with Crippen LogP contribution in [0.25, 0.3) is 0 Å². The number of halogens is 1. The number of carbonyl (C=O) groups excluding carboxylic acids is 1. The lowest BCUT2D eigenvalue weighted by atomic mass is 10.1. The summed E-state index contributed by atoms with van der Waals surface area (Å²) >= 11 is 5.96. The van der Waals surface area contributed by atoms with E-state index in [4.69, 9.17) is 11.6 Å². The van der Waals surface area contributed by atoms with Crippen LogP contribution in [0.4, 0.5) is 5.69 Å². The van der Waals surface area contributed by atoms with E-state index in [0.717, 1.165) is 5.69 Å². The minimum atomic E-state index is -0.0839. The van der Waals surface area contributed by atoms with Crippen molar-refractivity contribution in [2.24, 2.45) is 0 Å². The Morgan fingerprint density at radius 3 is 2.80 bits per heavy atom. The summed E-state index contributed by atoms with van der Waals surface area (Å²) in [5.74, 6) is -0.0839. The van der Waals surface area contributed by atoms with Gasteiger partial charge in [0.15, 0.2) is 0 Å². The van der Waals surface area contributed by atoms with Crippen molar-refractivity contribution in [1.29, 1.82) is 0 Å². The second kappa shape index (κ2) is 7.53. The first-order chi connectivity index (χ1) is 12.0. The van der Waals surface area contributed by atoms with Gasteiger partial charge >= 0.3 is 0 Å². The molecule has 2 heterocycles. The topological polar surface area (TPSA) is 64.7 Å². The Labute approximate surface area is 151 Å². The Kier molecular flexibility index (Phi) is 5.19. The monoisotopic (exact) mass is 357 g/mol. The van der Waals surface area contributed by atoms with Crippen LogP contribution in [-0.2, 0) is 17.9 Å². The number of rotatable bonds is 6. The second-order valence-corrected chi connectivity index (χ2v) is 6.45. The first kappa shape index (κ1) is 17.2. The number of aryl methyl sites for hydroxylation is 3. The smallest absolute Gasteiger partial charge is 0.226 e. The van der Waals surface area contributed by atoms with Gasteiger partial charge < -0.3 is 5.32 Å². The van der Waals surface area contributed by atoms with Crippen LogP contribution >= 0.6 is 11.6 Å². The summed E-state index contributed by atoms with van der Waals surface area (Å²) in [6.07, 6.45) is 5.53. The van der Waals surface area contributed by atoms with E-state index in [9.17, 15) is 4.79 Å². The number of hydrogen-bond acceptors (Lipinski definition) is 3. The molecule has 2 aromatic heterocycles. The van der Waals surface area contributed by atoms with E-state index in [1.807, 2.05) is 19.2 Å². The quantitative estimate of drug-likeness (QED) is 0.735. The molecular formula is C18H20ClN5O. The molecule has 0 saturated heterocycles. The molecule has 25 heavy (non-hydrogen) atoms. The molecule has 7 heteroatoms. The number of amides is 1. The van der Waals surface area contributed by atoms with E-state index in [2.05, 4.69) is 40.6 Å². The standard InChI is InChI=1S/C18H20ClN5O/c1-13-4-3-5-15(8-13)10-24-11-16(9-20-24)21-18(25)6-7-23-12-17(19)14(2)22-23/h3-5,8-9,11-12H,6-7,10H2,1-2H3,(H,21,25). The van der Waals surface area contributed by atoms with Crippen molar-refractivity contribution in [3.05, 3.63) is 64.7 Å². The lowest BCUT2D eigenvalue weighted by molar-refractivity contribution is -0.116. The highest BCUT2D eigenvalue weighted by Crippen LogP contribution is 2.13. The number of nitrogens with zero attached hydrogens (tertiary/aromatic N) is 4.